The van der Waals surface area contributed by atoms with Gasteiger partial charge in [-0.15, -0.1) is 12.4 Å². The van der Waals surface area contributed by atoms with Gasteiger partial charge in [0.05, 0.1) is 0 Å². The van der Waals surface area contributed by atoms with Crippen LogP contribution in [0.4, 0.5) is 0 Å². The van der Waals surface area contributed by atoms with E-state index in [1.807, 2.05) is 0 Å². The van der Waals surface area contributed by atoms with Crippen LogP contribution in [-0.2, 0) is 6.54 Å². The van der Waals surface area contributed by atoms with Crippen molar-refractivity contribution in [2.45, 2.75) is 19.0 Å². The maximum Gasteiger partial charge on any atom is 0.0236 e. The second-order valence-corrected chi connectivity index (χ2v) is 7.03. The molecular formula is C21H28ClN3. The molecule has 1 N–H and O–H groups in total. The quantitative estimate of drug-likeness (QED) is 0.906. The van der Waals surface area contributed by atoms with Gasteiger partial charge in [0.2, 0.25) is 0 Å². The van der Waals surface area contributed by atoms with Gasteiger partial charge >= 0.3 is 0 Å². The molecule has 0 spiro atoms. The van der Waals surface area contributed by atoms with Gasteiger partial charge in [-0.1, -0.05) is 48.5 Å². The Balaban J connectivity index is 0.00000182. The first-order valence-corrected chi connectivity index (χ1v) is 9.20. The molecule has 2 aromatic carbocycles. The van der Waals surface area contributed by atoms with Crippen molar-refractivity contribution in [2.24, 2.45) is 0 Å². The molecule has 2 fully saturated rings. The number of hydrogen-bond donors (Lipinski definition) is 1. The summed E-state index contributed by atoms with van der Waals surface area (Å²) >= 11 is 0. The first-order chi connectivity index (χ1) is 11.9. The lowest BCUT2D eigenvalue weighted by atomic mass is 10.0. The van der Waals surface area contributed by atoms with E-state index in [4.69, 9.17) is 0 Å². The molecule has 0 bridgehead atoms. The Morgan fingerprint density at radius 1 is 0.880 bits per heavy atom. The molecule has 25 heavy (non-hydrogen) atoms. The molecule has 0 aliphatic carbocycles. The van der Waals surface area contributed by atoms with Gasteiger partial charge in [0.1, 0.15) is 0 Å². The Kier molecular flexibility index (Phi) is 6.49. The SMILES string of the molecule is Cl.c1ccc(-c2cccc(CN3CCC(N4CCNCC4)C3)c2)cc1. The highest BCUT2D eigenvalue weighted by Gasteiger charge is 2.28. The molecule has 1 unspecified atom stereocenters. The lowest BCUT2D eigenvalue weighted by Crippen LogP contribution is -2.49. The lowest BCUT2D eigenvalue weighted by molar-refractivity contribution is 0.170. The van der Waals surface area contributed by atoms with Crippen LogP contribution in [0.25, 0.3) is 11.1 Å². The van der Waals surface area contributed by atoms with Gasteiger partial charge in [-0.05, 0) is 29.2 Å². The van der Waals surface area contributed by atoms with E-state index in [1.165, 1.54) is 49.3 Å². The summed E-state index contributed by atoms with van der Waals surface area (Å²) in [4.78, 5) is 5.30. The number of benzene rings is 2. The van der Waals surface area contributed by atoms with E-state index in [1.54, 1.807) is 0 Å². The molecule has 3 nitrogen and oxygen atoms in total. The maximum absolute atomic E-state index is 3.46. The lowest BCUT2D eigenvalue weighted by Gasteiger charge is -2.32. The average molecular weight is 358 g/mol. The zero-order chi connectivity index (χ0) is 16.2. The van der Waals surface area contributed by atoms with Crippen LogP contribution < -0.4 is 5.32 Å². The summed E-state index contributed by atoms with van der Waals surface area (Å²) in [5, 5.41) is 3.46. The molecule has 0 radical (unpaired) electrons. The van der Waals surface area contributed by atoms with Crippen LogP contribution in [0.15, 0.2) is 54.6 Å². The summed E-state index contributed by atoms with van der Waals surface area (Å²) in [5.41, 5.74) is 4.06. The van der Waals surface area contributed by atoms with Gasteiger partial charge in [0.15, 0.2) is 0 Å². The number of nitrogens with zero attached hydrogens (tertiary/aromatic N) is 2. The number of rotatable bonds is 4. The monoisotopic (exact) mass is 357 g/mol. The third-order valence-electron chi connectivity index (χ3n) is 5.36. The van der Waals surface area contributed by atoms with E-state index >= 15 is 0 Å². The second kappa shape index (κ2) is 8.81. The third-order valence-corrected chi connectivity index (χ3v) is 5.36. The summed E-state index contributed by atoms with van der Waals surface area (Å²) in [6.45, 7) is 8.23. The smallest absolute Gasteiger partial charge is 0.0236 e. The van der Waals surface area contributed by atoms with Gasteiger partial charge in [-0.3, -0.25) is 9.80 Å². The Morgan fingerprint density at radius 2 is 1.64 bits per heavy atom. The van der Waals surface area contributed by atoms with Crippen molar-refractivity contribution >= 4 is 12.4 Å². The van der Waals surface area contributed by atoms with Gasteiger partial charge in [0.25, 0.3) is 0 Å². The summed E-state index contributed by atoms with van der Waals surface area (Å²) in [5.74, 6) is 0. The Labute approximate surface area is 157 Å². The normalized spacial score (nSPS) is 21.8. The Hall–Kier alpha value is -1.39. The molecule has 2 aliphatic rings. The minimum atomic E-state index is 0. The first kappa shape index (κ1) is 18.4. The van der Waals surface area contributed by atoms with E-state index in [-0.39, 0.29) is 12.4 Å². The number of piperazine rings is 1. The molecule has 0 saturated carbocycles. The second-order valence-electron chi connectivity index (χ2n) is 7.03. The summed E-state index contributed by atoms with van der Waals surface area (Å²) in [6.07, 6.45) is 1.32. The predicted octanol–water partition coefficient (Wildman–Crippen LogP) is 3.25. The van der Waals surface area contributed by atoms with Crippen LogP contribution in [0.3, 0.4) is 0 Å². The van der Waals surface area contributed by atoms with Crippen molar-refractivity contribution in [3.05, 3.63) is 60.2 Å². The van der Waals surface area contributed by atoms with Crippen LogP contribution in [0.2, 0.25) is 0 Å². The molecule has 4 rings (SSSR count). The van der Waals surface area contributed by atoms with Crippen molar-refractivity contribution < 1.29 is 0 Å². The van der Waals surface area contributed by atoms with Crippen LogP contribution in [0, 0.1) is 0 Å². The van der Waals surface area contributed by atoms with E-state index in [2.05, 4.69) is 69.7 Å². The standard InChI is InChI=1S/C21H27N3.ClH/c1-2-6-19(7-3-1)20-8-4-5-18(15-20)16-23-12-9-21(17-23)24-13-10-22-11-14-24;/h1-8,15,21-22H,9-14,16-17H2;1H. The molecule has 134 valence electrons. The van der Waals surface area contributed by atoms with Crippen LogP contribution in [0.1, 0.15) is 12.0 Å². The molecule has 2 heterocycles. The Morgan fingerprint density at radius 3 is 2.44 bits per heavy atom. The number of hydrogen-bond acceptors (Lipinski definition) is 3. The summed E-state index contributed by atoms with van der Waals surface area (Å²) < 4.78 is 0. The van der Waals surface area contributed by atoms with Crippen molar-refractivity contribution in [2.75, 3.05) is 39.3 Å². The average Bonchev–Trinajstić information content (AvgIpc) is 3.12. The van der Waals surface area contributed by atoms with Gasteiger partial charge in [-0.25, -0.2) is 0 Å². The van der Waals surface area contributed by atoms with Crippen molar-refractivity contribution in [1.82, 2.24) is 15.1 Å². The highest BCUT2D eigenvalue weighted by molar-refractivity contribution is 5.85. The van der Waals surface area contributed by atoms with E-state index in [9.17, 15) is 0 Å². The van der Waals surface area contributed by atoms with Gasteiger partial charge in [0, 0.05) is 51.9 Å². The van der Waals surface area contributed by atoms with Crippen molar-refractivity contribution in [1.29, 1.82) is 0 Å². The molecule has 4 heteroatoms. The number of halogens is 1. The Bertz CT molecular complexity index is 655. The molecule has 0 aromatic heterocycles. The topological polar surface area (TPSA) is 18.5 Å². The minimum absolute atomic E-state index is 0. The summed E-state index contributed by atoms with van der Waals surface area (Å²) in [7, 11) is 0. The largest absolute Gasteiger partial charge is 0.314 e. The van der Waals surface area contributed by atoms with Crippen LogP contribution >= 0.6 is 12.4 Å². The molecule has 1 atom stereocenters. The zero-order valence-electron chi connectivity index (χ0n) is 14.7. The first-order valence-electron chi connectivity index (χ1n) is 9.20. The molecule has 2 aromatic rings. The third kappa shape index (κ3) is 4.62. The van der Waals surface area contributed by atoms with E-state index in [0.29, 0.717) is 0 Å². The van der Waals surface area contributed by atoms with Crippen molar-refractivity contribution in [3.8, 4) is 11.1 Å². The van der Waals surface area contributed by atoms with Crippen molar-refractivity contribution in [3.63, 3.8) is 0 Å². The fraction of sp³-hybridized carbons (Fsp3) is 0.429. The van der Waals surface area contributed by atoms with Crippen LogP contribution in [-0.4, -0.2) is 55.1 Å². The minimum Gasteiger partial charge on any atom is -0.314 e. The fourth-order valence-corrected chi connectivity index (χ4v) is 4.04. The maximum atomic E-state index is 3.46. The molecule has 2 aliphatic heterocycles. The number of likely N-dealkylation sites (tertiary alicyclic amines) is 1. The highest BCUT2D eigenvalue weighted by Crippen LogP contribution is 2.23. The zero-order valence-corrected chi connectivity index (χ0v) is 15.5. The number of nitrogens with one attached hydrogen (secondary N) is 1. The molecule has 0 amide bonds. The van der Waals surface area contributed by atoms with E-state index in [0.717, 1.165) is 25.7 Å². The van der Waals surface area contributed by atoms with Crippen LogP contribution in [0.5, 0.6) is 0 Å². The predicted molar refractivity (Wildman–Crippen MR) is 107 cm³/mol. The van der Waals surface area contributed by atoms with Gasteiger partial charge < -0.3 is 5.32 Å². The fourth-order valence-electron chi connectivity index (χ4n) is 4.04. The summed E-state index contributed by atoms with van der Waals surface area (Å²) in [6, 6.07) is 20.5. The van der Waals surface area contributed by atoms with E-state index < -0.39 is 0 Å². The van der Waals surface area contributed by atoms with Gasteiger partial charge in [-0.2, -0.15) is 0 Å². The molecular weight excluding hydrogens is 330 g/mol. The highest BCUT2D eigenvalue weighted by atomic mass is 35.5. The molecule has 2 saturated heterocycles.